The molecule has 1 saturated heterocycles. The van der Waals surface area contributed by atoms with Crippen molar-refractivity contribution in [1.29, 1.82) is 0 Å². The summed E-state index contributed by atoms with van der Waals surface area (Å²) in [5.41, 5.74) is 1.58. The van der Waals surface area contributed by atoms with Crippen LogP contribution in [0.1, 0.15) is 13.8 Å². The van der Waals surface area contributed by atoms with Crippen molar-refractivity contribution in [2.45, 2.75) is 29.5 Å². The van der Waals surface area contributed by atoms with Crippen LogP contribution in [0.2, 0.25) is 0 Å². The largest absolute Gasteiger partial charge is 0.481 e. The average molecular weight is 384 g/mol. The second-order valence-electron chi connectivity index (χ2n) is 5.91. The quantitative estimate of drug-likeness (QED) is 0.448. The molecule has 1 unspecified atom stereocenters. The summed E-state index contributed by atoms with van der Waals surface area (Å²) in [5, 5.41) is 9.03. The molecular formula is C16H20N2O5S2. The zero-order valence-electron chi connectivity index (χ0n) is 13.9. The minimum atomic E-state index is -3.92. The molecule has 1 aromatic carbocycles. The van der Waals surface area contributed by atoms with E-state index < -0.39 is 26.7 Å². The van der Waals surface area contributed by atoms with Crippen LogP contribution in [0.25, 0.3) is 0 Å². The minimum Gasteiger partial charge on any atom is -0.481 e. The van der Waals surface area contributed by atoms with Crippen molar-refractivity contribution in [2.24, 2.45) is 0 Å². The normalized spacial score (nSPS) is 20.5. The van der Waals surface area contributed by atoms with Crippen molar-refractivity contribution in [3.8, 4) is 18.1 Å². The Bertz CT molecular complexity index is 769. The Kier molecular flexibility index (Phi) is 6.00. The molecule has 0 aromatic heterocycles. The highest BCUT2D eigenvalue weighted by Gasteiger charge is 2.48. The van der Waals surface area contributed by atoms with Crippen LogP contribution in [0, 0.1) is 12.3 Å². The van der Waals surface area contributed by atoms with Crippen LogP contribution < -0.4 is 10.2 Å². The van der Waals surface area contributed by atoms with Gasteiger partial charge in [-0.25, -0.2) is 13.9 Å². The van der Waals surface area contributed by atoms with Gasteiger partial charge in [-0.2, -0.15) is 16.1 Å². The molecule has 1 amide bonds. The van der Waals surface area contributed by atoms with Gasteiger partial charge in [-0.05, 0) is 38.1 Å². The van der Waals surface area contributed by atoms with Crippen LogP contribution in [0.15, 0.2) is 29.2 Å². The van der Waals surface area contributed by atoms with Gasteiger partial charge in [0.05, 0.1) is 4.90 Å². The smallest absolute Gasteiger partial charge is 0.263 e. The van der Waals surface area contributed by atoms with Crippen LogP contribution in [0.5, 0.6) is 5.75 Å². The SMILES string of the molecule is C#CCOc1ccc(S(=O)(=O)N2CCSC(C)(C)C2C(=O)NO)cc1. The molecule has 25 heavy (non-hydrogen) atoms. The molecule has 2 rings (SSSR count). The molecule has 0 saturated carbocycles. The topological polar surface area (TPSA) is 95.9 Å². The summed E-state index contributed by atoms with van der Waals surface area (Å²) < 4.78 is 31.7. The number of sulfonamides is 1. The van der Waals surface area contributed by atoms with Crippen LogP contribution in [-0.2, 0) is 14.8 Å². The molecule has 0 aliphatic carbocycles. The van der Waals surface area contributed by atoms with E-state index in [1.54, 1.807) is 19.3 Å². The van der Waals surface area contributed by atoms with Crippen molar-refractivity contribution in [3.05, 3.63) is 24.3 Å². The van der Waals surface area contributed by atoms with Gasteiger partial charge in [0, 0.05) is 17.0 Å². The Labute approximate surface area is 151 Å². The van der Waals surface area contributed by atoms with Gasteiger partial charge in [0.25, 0.3) is 5.91 Å². The number of nitrogens with one attached hydrogen (secondary N) is 1. The number of terminal acetylenes is 1. The first-order valence-electron chi connectivity index (χ1n) is 7.50. The number of carbonyl (C=O) groups is 1. The Hall–Kier alpha value is -1.73. The van der Waals surface area contributed by atoms with Crippen LogP contribution >= 0.6 is 11.8 Å². The fraction of sp³-hybridized carbons (Fsp3) is 0.438. The molecule has 1 aromatic rings. The number of hydrogen-bond acceptors (Lipinski definition) is 6. The first-order valence-corrected chi connectivity index (χ1v) is 9.92. The number of amides is 1. The first-order chi connectivity index (χ1) is 11.7. The van der Waals surface area contributed by atoms with E-state index in [2.05, 4.69) is 5.92 Å². The van der Waals surface area contributed by atoms with Gasteiger partial charge in [-0.3, -0.25) is 10.0 Å². The zero-order chi connectivity index (χ0) is 18.7. The molecule has 1 atom stereocenters. The fourth-order valence-corrected chi connectivity index (χ4v) is 5.80. The molecule has 7 nitrogen and oxygen atoms in total. The van der Waals surface area contributed by atoms with Gasteiger partial charge in [0.15, 0.2) is 0 Å². The van der Waals surface area contributed by atoms with E-state index in [1.807, 2.05) is 0 Å². The molecule has 1 aliphatic heterocycles. The van der Waals surface area contributed by atoms with E-state index in [9.17, 15) is 13.2 Å². The fourth-order valence-electron chi connectivity index (χ4n) is 2.69. The summed E-state index contributed by atoms with van der Waals surface area (Å²) in [6, 6.07) is 4.80. The lowest BCUT2D eigenvalue weighted by molar-refractivity contribution is -0.134. The molecular weight excluding hydrogens is 364 g/mol. The summed E-state index contributed by atoms with van der Waals surface area (Å²) in [5.74, 6) is 2.57. The number of thioether (sulfide) groups is 1. The number of rotatable bonds is 5. The van der Waals surface area contributed by atoms with Gasteiger partial charge < -0.3 is 4.74 Å². The van der Waals surface area contributed by atoms with E-state index in [1.165, 1.54) is 36.0 Å². The van der Waals surface area contributed by atoms with Gasteiger partial charge in [0.1, 0.15) is 18.4 Å². The Morgan fingerprint density at radius 2 is 2.12 bits per heavy atom. The molecule has 0 spiro atoms. The third kappa shape index (κ3) is 4.10. The zero-order valence-corrected chi connectivity index (χ0v) is 15.6. The number of hydrogen-bond donors (Lipinski definition) is 2. The number of carbonyl (C=O) groups excluding carboxylic acids is 1. The molecule has 2 N–H and O–H groups in total. The second kappa shape index (κ2) is 7.66. The second-order valence-corrected chi connectivity index (χ2v) is 9.55. The highest BCUT2D eigenvalue weighted by Crippen LogP contribution is 2.38. The van der Waals surface area contributed by atoms with Crippen molar-refractivity contribution < 1.29 is 23.2 Å². The van der Waals surface area contributed by atoms with E-state index in [-0.39, 0.29) is 18.0 Å². The predicted octanol–water partition coefficient (Wildman–Crippen LogP) is 1.09. The Balaban J connectivity index is 2.36. The summed E-state index contributed by atoms with van der Waals surface area (Å²) in [7, 11) is -3.92. The highest BCUT2D eigenvalue weighted by molar-refractivity contribution is 8.00. The number of benzene rings is 1. The van der Waals surface area contributed by atoms with E-state index >= 15 is 0 Å². The first kappa shape index (κ1) is 19.6. The molecule has 136 valence electrons. The number of nitrogens with zero attached hydrogens (tertiary/aromatic N) is 1. The highest BCUT2D eigenvalue weighted by atomic mass is 32.2. The molecule has 1 fully saturated rings. The van der Waals surface area contributed by atoms with Crippen LogP contribution in [0.3, 0.4) is 0 Å². The standard InChI is InChI=1S/C16H20N2O5S2/c1-4-10-23-12-5-7-13(8-6-12)25(21,22)18-9-11-24-16(2,3)14(18)15(19)17-20/h1,5-8,14,20H,9-11H2,2-3H3,(H,17,19). The number of hydroxylamine groups is 1. The lowest BCUT2D eigenvalue weighted by atomic mass is 10.0. The summed E-state index contributed by atoms with van der Waals surface area (Å²) in [6.07, 6.45) is 5.12. The van der Waals surface area contributed by atoms with E-state index in [4.69, 9.17) is 16.4 Å². The summed E-state index contributed by atoms with van der Waals surface area (Å²) in [6.45, 7) is 3.80. The maximum absolute atomic E-state index is 13.0. The monoisotopic (exact) mass is 384 g/mol. The summed E-state index contributed by atoms with van der Waals surface area (Å²) in [4.78, 5) is 12.2. The molecule has 9 heteroatoms. The third-order valence-electron chi connectivity index (χ3n) is 3.84. The van der Waals surface area contributed by atoms with Crippen LogP contribution in [-0.4, -0.2) is 53.5 Å². The lowest BCUT2D eigenvalue weighted by Gasteiger charge is -2.43. The lowest BCUT2D eigenvalue weighted by Crippen LogP contribution is -2.61. The predicted molar refractivity (Wildman–Crippen MR) is 94.9 cm³/mol. The van der Waals surface area contributed by atoms with Crippen LogP contribution in [0.4, 0.5) is 0 Å². The summed E-state index contributed by atoms with van der Waals surface area (Å²) >= 11 is 1.48. The van der Waals surface area contributed by atoms with Gasteiger partial charge in [-0.15, -0.1) is 6.42 Å². The average Bonchev–Trinajstić information content (AvgIpc) is 2.58. The maximum atomic E-state index is 13.0. The van der Waals surface area contributed by atoms with Crippen molar-refractivity contribution in [1.82, 2.24) is 9.79 Å². The van der Waals surface area contributed by atoms with E-state index in [0.29, 0.717) is 11.5 Å². The molecule has 0 radical (unpaired) electrons. The number of ether oxygens (including phenoxy) is 1. The van der Waals surface area contributed by atoms with Crippen molar-refractivity contribution >= 4 is 27.7 Å². The van der Waals surface area contributed by atoms with Crippen molar-refractivity contribution in [2.75, 3.05) is 18.9 Å². The van der Waals surface area contributed by atoms with E-state index in [0.717, 1.165) is 4.31 Å². The van der Waals surface area contributed by atoms with Gasteiger partial charge in [-0.1, -0.05) is 5.92 Å². The Morgan fingerprint density at radius 3 is 2.68 bits per heavy atom. The molecule has 0 bridgehead atoms. The molecule has 1 heterocycles. The minimum absolute atomic E-state index is 0.0407. The third-order valence-corrected chi connectivity index (χ3v) is 7.08. The maximum Gasteiger partial charge on any atom is 0.263 e. The Morgan fingerprint density at radius 1 is 1.48 bits per heavy atom. The van der Waals surface area contributed by atoms with Crippen molar-refractivity contribution in [3.63, 3.8) is 0 Å². The van der Waals surface area contributed by atoms with Gasteiger partial charge >= 0.3 is 0 Å². The van der Waals surface area contributed by atoms with Gasteiger partial charge in [0.2, 0.25) is 10.0 Å². The molecule has 1 aliphatic rings.